The minimum atomic E-state index is -0.0524. The van der Waals surface area contributed by atoms with Crippen LogP contribution in [0.3, 0.4) is 0 Å². The van der Waals surface area contributed by atoms with E-state index in [1.807, 2.05) is 12.1 Å². The third-order valence-electron chi connectivity index (χ3n) is 4.23. The third-order valence-corrected chi connectivity index (χ3v) is 4.42. The molecule has 1 nitrogen and oxygen atoms in total. The highest BCUT2D eigenvalue weighted by molar-refractivity contribution is 6.19. The lowest BCUT2D eigenvalue weighted by molar-refractivity contribution is 0.0989. The lowest BCUT2D eigenvalue weighted by Crippen LogP contribution is -2.15. The Balaban J connectivity index is 2.15. The molecule has 0 bridgehead atoms. The predicted molar refractivity (Wildman–Crippen MR) is 83.7 cm³/mol. The van der Waals surface area contributed by atoms with Crippen molar-refractivity contribution in [3.05, 3.63) is 59.2 Å². The monoisotopic (exact) mass is 284 g/mol. The predicted octanol–water partition coefficient (Wildman–Crippen LogP) is 4.80. The van der Waals surface area contributed by atoms with E-state index in [-0.39, 0.29) is 11.2 Å². The maximum Gasteiger partial charge on any atom is 0.164 e. The van der Waals surface area contributed by atoms with Crippen LogP contribution in [0.2, 0.25) is 0 Å². The molecule has 0 radical (unpaired) electrons. The summed E-state index contributed by atoms with van der Waals surface area (Å²) in [5, 5.41) is 0. The third kappa shape index (κ3) is 1.89. The van der Waals surface area contributed by atoms with Gasteiger partial charge in [0.05, 0.1) is 0 Å². The highest BCUT2D eigenvalue weighted by atomic mass is 35.5. The van der Waals surface area contributed by atoms with Crippen molar-refractivity contribution in [2.24, 2.45) is 0 Å². The van der Waals surface area contributed by atoms with E-state index in [1.165, 1.54) is 22.3 Å². The van der Waals surface area contributed by atoms with E-state index in [1.54, 1.807) is 0 Å². The lowest BCUT2D eigenvalue weighted by atomic mass is 9.82. The molecule has 0 N–H and O–H groups in total. The molecule has 3 rings (SSSR count). The number of alkyl halides is 1. The fourth-order valence-corrected chi connectivity index (χ4v) is 3.28. The van der Waals surface area contributed by atoms with Crippen molar-refractivity contribution in [3.63, 3.8) is 0 Å². The molecule has 0 heterocycles. The molecule has 0 unspecified atom stereocenters. The van der Waals surface area contributed by atoms with Gasteiger partial charge >= 0.3 is 0 Å². The first-order chi connectivity index (χ1) is 9.55. The SMILES string of the molecule is CC1(C)c2ccccc2-c2ccc(C(=O)CCCl)cc21. The van der Waals surface area contributed by atoms with Gasteiger partial charge in [-0.05, 0) is 28.3 Å². The quantitative estimate of drug-likeness (QED) is 0.584. The number of Topliss-reactive ketones (excluding diaryl/α,β-unsaturated/α-hetero) is 1. The first-order valence-corrected chi connectivity index (χ1v) is 7.42. The van der Waals surface area contributed by atoms with Gasteiger partial charge in [-0.3, -0.25) is 4.79 Å². The van der Waals surface area contributed by atoms with Gasteiger partial charge in [0.2, 0.25) is 0 Å². The van der Waals surface area contributed by atoms with Crippen molar-refractivity contribution in [1.29, 1.82) is 0 Å². The van der Waals surface area contributed by atoms with Crippen molar-refractivity contribution in [2.45, 2.75) is 25.7 Å². The molecule has 0 aromatic heterocycles. The Kier molecular flexibility index (Phi) is 3.18. The Morgan fingerprint density at radius 1 is 1.05 bits per heavy atom. The van der Waals surface area contributed by atoms with Gasteiger partial charge in [0, 0.05) is 23.3 Å². The fourth-order valence-electron chi connectivity index (χ4n) is 3.11. The second-order valence-corrected chi connectivity index (χ2v) is 6.17. The molecule has 102 valence electrons. The van der Waals surface area contributed by atoms with E-state index >= 15 is 0 Å². The Morgan fingerprint density at radius 3 is 2.50 bits per heavy atom. The zero-order valence-corrected chi connectivity index (χ0v) is 12.5. The second-order valence-electron chi connectivity index (χ2n) is 5.79. The van der Waals surface area contributed by atoms with E-state index in [0.29, 0.717) is 12.3 Å². The molecule has 2 aromatic rings. The summed E-state index contributed by atoms with van der Waals surface area (Å²) in [6, 6.07) is 14.5. The molecular formula is C18H17ClO. The summed E-state index contributed by atoms with van der Waals surface area (Å²) >= 11 is 5.67. The molecule has 2 heteroatoms. The van der Waals surface area contributed by atoms with Gasteiger partial charge in [0.1, 0.15) is 0 Å². The van der Waals surface area contributed by atoms with Crippen molar-refractivity contribution < 1.29 is 4.79 Å². The van der Waals surface area contributed by atoms with Crippen LogP contribution in [-0.4, -0.2) is 11.7 Å². The van der Waals surface area contributed by atoms with Crippen LogP contribution in [0.5, 0.6) is 0 Å². The molecule has 0 saturated heterocycles. The number of rotatable bonds is 3. The van der Waals surface area contributed by atoms with Gasteiger partial charge in [0.15, 0.2) is 5.78 Å². The number of benzene rings is 2. The van der Waals surface area contributed by atoms with E-state index in [2.05, 4.69) is 44.2 Å². The van der Waals surface area contributed by atoms with Gasteiger partial charge in [-0.1, -0.05) is 50.2 Å². The van der Waals surface area contributed by atoms with Crippen LogP contribution in [0.1, 0.15) is 41.8 Å². The number of ketones is 1. The van der Waals surface area contributed by atoms with Crippen LogP contribution in [0, 0.1) is 0 Å². The van der Waals surface area contributed by atoms with Gasteiger partial charge in [-0.2, -0.15) is 0 Å². The van der Waals surface area contributed by atoms with Crippen LogP contribution < -0.4 is 0 Å². The van der Waals surface area contributed by atoms with E-state index in [0.717, 1.165) is 5.56 Å². The summed E-state index contributed by atoms with van der Waals surface area (Å²) in [4.78, 5) is 12.0. The largest absolute Gasteiger partial charge is 0.294 e. The zero-order chi connectivity index (χ0) is 14.3. The van der Waals surface area contributed by atoms with Crippen LogP contribution >= 0.6 is 11.6 Å². The number of carbonyl (C=O) groups excluding carboxylic acids is 1. The van der Waals surface area contributed by atoms with Crippen molar-refractivity contribution >= 4 is 17.4 Å². The van der Waals surface area contributed by atoms with Gasteiger partial charge < -0.3 is 0 Å². The van der Waals surface area contributed by atoms with Crippen LogP contribution in [-0.2, 0) is 5.41 Å². The highest BCUT2D eigenvalue weighted by Crippen LogP contribution is 2.48. The first-order valence-electron chi connectivity index (χ1n) is 6.89. The van der Waals surface area contributed by atoms with Crippen molar-refractivity contribution in [1.82, 2.24) is 0 Å². The molecule has 0 aliphatic heterocycles. The standard InChI is InChI=1S/C18H17ClO/c1-18(2)15-6-4-3-5-13(15)14-8-7-12(11-16(14)18)17(20)9-10-19/h3-8,11H,9-10H2,1-2H3. The zero-order valence-electron chi connectivity index (χ0n) is 11.7. The Bertz CT molecular complexity index is 686. The smallest absolute Gasteiger partial charge is 0.164 e. The maximum atomic E-state index is 12.0. The topological polar surface area (TPSA) is 17.1 Å². The minimum Gasteiger partial charge on any atom is -0.294 e. The number of hydrogen-bond donors (Lipinski definition) is 0. The van der Waals surface area contributed by atoms with Gasteiger partial charge in [0.25, 0.3) is 0 Å². The van der Waals surface area contributed by atoms with Crippen LogP contribution in [0.25, 0.3) is 11.1 Å². The van der Waals surface area contributed by atoms with Crippen LogP contribution in [0.15, 0.2) is 42.5 Å². The van der Waals surface area contributed by atoms with Gasteiger partial charge in [-0.25, -0.2) is 0 Å². The van der Waals surface area contributed by atoms with E-state index < -0.39 is 0 Å². The summed E-state index contributed by atoms with van der Waals surface area (Å²) < 4.78 is 0. The first kappa shape index (κ1) is 13.4. The second kappa shape index (κ2) is 4.75. The summed E-state index contributed by atoms with van der Waals surface area (Å²) in [6.45, 7) is 4.43. The maximum absolute atomic E-state index is 12.0. The summed E-state index contributed by atoms with van der Waals surface area (Å²) in [5.74, 6) is 0.494. The van der Waals surface area contributed by atoms with Gasteiger partial charge in [-0.15, -0.1) is 11.6 Å². The Hall–Kier alpha value is -1.60. The summed E-state index contributed by atoms with van der Waals surface area (Å²) in [5.41, 5.74) is 5.81. The Morgan fingerprint density at radius 2 is 1.75 bits per heavy atom. The average molecular weight is 285 g/mol. The van der Waals surface area contributed by atoms with Crippen molar-refractivity contribution in [2.75, 3.05) is 5.88 Å². The molecule has 2 aromatic carbocycles. The summed E-state index contributed by atoms with van der Waals surface area (Å²) in [7, 11) is 0. The molecule has 0 saturated carbocycles. The van der Waals surface area contributed by atoms with E-state index in [9.17, 15) is 4.79 Å². The number of fused-ring (bicyclic) bond motifs is 3. The Labute approximate surface area is 124 Å². The normalized spacial score (nSPS) is 14.8. The fraction of sp³-hybridized carbons (Fsp3) is 0.278. The molecule has 0 amide bonds. The lowest BCUT2D eigenvalue weighted by Gasteiger charge is -2.21. The molecule has 0 fully saturated rings. The number of hydrogen-bond acceptors (Lipinski definition) is 1. The highest BCUT2D eigenvalue weighted by Gasteiger charge is 2.35. The van der Waals surface area contributed by atoms with E-state index in [4.69, 9.17) is 11.6 Å². The van der Waals surface area contributed by atoms with Crippen molar-refractivity contribution in [3.8, 4) is 11.1 Å². The molecule has 0 atom stereocenters. The molecule has 1 aliphatic rings. The molecule has 20 heavy (non-hydrogen) atoms. The minimum absolute atomic E-state index is 0.0524. The molecule has 0 spiro atoms. The number of halogens is 1. The number of carbonyl (C=O) groups is 1. The average Bonchev–Trinajstić information content (AvgIpc) is 2.68. The van der Waals surface area contributed by atoms with Crippen LogP contribution in [0.4, 0.5) is 0 Å². The molecular weight excluding hydrogens is 268 g/mol. The molecule has 1 aliphatic carbocycles. The summed E-state index contributed by atoms with van der Waals surface area (Å²) in [6.07, 6.45) is 0.397.